The van der Waals surface area contributed by atoms with E-state index in [-0.39, 0.29) is 6.03 Å². The molecule has 142 valence electrons. The van der Waals surface area contributed by atoms with Crippen LogP contribution in [0, 0.1) is 0 Å². The molecule has 1 saturated heterocycles. The van der Waals surface area contributed by atoms with Gasteiger partial charge in [-0.05, 0) is 36.4 Å². The molecule has 3 rings (SSSR count). The number of urea groups is 1. The number of hydrogen-bond acceptors (Lipinski definition) is 4. The van der Waals surface area contributed by atoms with Gasteiger partial charge in [0.2, 0.25) is 0 Å². The van der Waals surface area contributed by atoms with Gasteiger partial charge in [0, 0.05) is 48.3 Å². The second kappa shape index (κ2) is 8.64. The highest BCUT2D eigenvalue weighted by molar-refractivity contribution is 6.30. The Labute approximate surface area is 162 Å². The van der Waals surface area contributed by atoms with Gasteiger partial charge in [0.25, 0.3) is 0 Å². The predicted molar refractivity (Wildman–Crippen MR) is 107 cm³/mol. The van der Waals surface area contributed by atoms with Crippen LogP contribution in [-0.4, -0.2) is 50.3 Å². The molecule has 1 aliphatic rings. The van der Waals surface area contributed by atoms with Crippen LogP contribution in [0.5, 0.6) is 0 Å². The Bertz CT molecular complexity index is 822. The summed E-state index contributed by atoms with van der Waals surface area (Å²) in [4.78, 5) is 27.8. The quantitative estimate of drug-likeness (QED) is 0.837. The fourth-order valence-corrected chi connectivity index (χ4v) is 3.07. The van der Waals surface area contributed by atoms with Crippen molar-refractivity contribution in [3.05, 3.63) is 53.6 Å². The summed E-state index contributed by atoms with van der Waals surface area (Å²) in [5, 5.41) is 6.13. The average molecular weight is 389 g/mol. The summed E-state index contributed by atoms with van der Waals surface area (Å²) in [7, 11) is 1.30. The van der Waals surface area contributed by atoms with Crippen molar-refractivity contribution in [2.45, 2.75) is 0 Å². The number of amides is 3. The monoisotopic (exact) mass is 388 g/mol. The largest absolute Gasteiger partial charge is 0.453 e. The van der Waals surface area contributed by atoms with Gasteiger partial charge < -0.3 is 19.9 Å². The third-order valence-electron chi connectivity index (χ3n) is 4.29. The zero-order valence-corrected chi connectivity index (χ0v) is 15.7. The lowest BCUT2D eigenvalue weighted by molar-refractivity contribution is 0.187. The number of nitrogens with zero attached hydrogens (tertiary/aromatic N) is 2. The van der Waals surface area contributed by atoms with Crippen LogP contribution in [-0.2, 0) is 4.74 Å². The summed E-state index contributed by atoms with van der Waals surface area (Å²) < 4.78 is 4.57. The molecule has 0 aromatic heterocycles. The number of piperazine rings is 1. The molecule has 0 aliphatic carbocycles. The summed E-state index contributed by atoms with van der Waals surface area (Å²) in [6.45, 7) is 2.69. The Morgan fingerprint density at radius 3 is 2.30 bits per heavy atom. The number of carbonyl (C=O) groups excluding carboxylic acids is 2. The molecule has 2 aromatic rings. The van der Waals surface area contributed by atoms with Gasteiger partial charge in [-0.15, -0.1) is 0 Å². The maximum Gasteiger partial charge on any atom is 0.411 e. The highest BCUT2D eigenvalue weighted by Crippen LogP contribution is 2.21. The van der Waals surface area contributed by atoms with Crippen molar-refractivity contribution in [2.75, 3.05) is 48.8 Å². The average Bonchev–Trinajstić information content (AvgIpc) is 2.68. The van der Waals surface area contributed by atoms with E-state index in [4.69, 9.17) is 11.6 Å². The van der Waals surface area contributed by atoms with Crippen LogP contribution in [0.3, 0.4) is 0 Å². The predicted octanol–water partition coefficient (Wildman–Crippen LogP) is 3.87. The highest BCUT2D eigenvalue weighted by Gasteiger charge is 2.21. The summed E-state index contributed by atoms with van der Waals surface area (Å²) in [5.41, 5.74) is 2.21. The molecular formula is C19H21ClN4O3. The summed E-state index contributed by atoms with van der Waals surface area (Å²) in [5.74, 6) is 0. The van der Waals surface area contributed by atoms with Gasteiger partial charge in [0.05, 0.1) is 7.11 Å². The molecule has 1 heterocycles. The number of benzene rings is 2. The van der Waals surface area contributed by atoms with E-state index in [0.29, 0.717) is 29.5 Å². The van der Waals surface area contributed by atoms with Crippen molar-refractivity contribution < 1.29 is 14.3 Å². The molecule has 1 aliphatic heterocycles. The van der Waals surface area contributed by atoms with Gasteiger partial charge in [0.15, 0.2) is 0 Å². The number of anilines is 3. The molecule has 0 radical (unpaired) electrons. The van der Waals surface area contributed by atoms with E-state index in [2.05, 4.69) is 20.3 Å². The lowest BCUT2D eigenvalue weighted by Gasteiger charge is -2.36. The molecular weight excluding hydrogens is 368 g/mol. The Hall–Kier alpha value is -2.93. The highest BCUT2D eigenvalue weighted by atomic mass is 35.5. The number of hydrogen-bond donors (Lipinski definition) is 2. The lowest BCUT2D eigenvalue weighted by atomic mass is 10.2. The number of methoxy groups -OCH3 is 1. The van der Waals surface area contributed by atoms with Crippen molar-refractivity contribution >= 4 is 40.8 Å². The standard InChI is InChI=1S/C19H21ClN4O3/c1-27-19(26)22-16-6-3-5-15(13-16)21-18(25)24-10-8-23(9-11-24)17-7-2-4-14(20)12-17/h2-7,12-13H,8-11H2,1H3,(H,21,25)(H,22,26). The van der Waals surface area contributed by atoms with Crippen LogP contribution in [0.2, 0.25) is 5.02 Å². The van der Waals surface area contributed by atoms with Crippen LogP contribution in [0.4, 0.5) is 26.7 Å². The van der Waals surface area contributed by atoms with E-state index in [1.165, 1.54) is 7.11 Å². The van der Waals surface area contributed by atoms with E-state index in [1.807, 2.05) is 24.3 Å². The lowest BCUT2D eigenvalue weighted by Crippen LogP contribution is -2.50. The zero-order chi connectivity index (χ0) is 19.2. The number of rotatable bonds is 3. The Kier molecular flexibility index (Phi) is 6.03. The second-order valence-corrected chi connectivity index (χ2v) is 6.52. The molecule has 27 heavy (non-hydrogen) atoms. The van der Waals surface area contributed by atoms with E-state index < -0.39 is 6.09 Å². The van der Waals surface area contributed by atoms with Gasteiger partial charge in [-0.3, -0.25) is 5.32 Å². The number of ether oxygens (including phenoxy) is 1. The minimum Gasteiger partial charge on any atom is -0.453 e. The number of carbonyl (C=O) groups is 2. The fourth-order valence-electron chi connectivity index (χ4n) is 2.89. The Morgan fingerprint density at radius 2 is 1.63 bits per heavy atom. The maximum absolute atomic E-state index is 12.5. The molecule has 0 atom stereocenters. The normalized spacial score (nSPS) is 13.9. The first kappa shape index (κ1) is 18.8. The molecule has 0 saturated carbocycles. The summed E-state index contributed by atoms with van der Waals surface area (Å²) >= 11 is 6.05. The molecule has 0 unspecified atom stereocenters. The number of nitrogens with one attached hydrogen (secondary N) is 2. The van der Waals surface area contributed by atoms with E-state index >= 15 is 0 Å². The molecule has 8 heteroatoms. The van der Waals surface area contributed by atoms with Gasteiger partial charge in [-0.2, -0.15) is 0 Å². The zero-order valence-electron chi connectivity index (χ0n) is 14.9. The third-order valence-corrected chi connectivity index (χ3v) is 4.52. The van der Waals surface area contributed by atoms with Crippen molar-refractivity contribution in [2.24, 2.45) is 0 Å². The second-order valence-electron chi connectivity index (χ2n) is 6.08. The minimum atomic E-state index is -0.560. The van der Waals surface area contributed by atoms with E-state index in [9.17, 15) is 9.59 Å². The third kappa shape index (κ3) is 5.04. The first-order valence-corrected chi connectivity index (χ1v) is 8.94. The molecule has 1 fully saturated rings. The van der Waals surface area contributed by atoms with Gasteiger partial charge >= 0.3 is 12.1 Å². The SMILES string of the molecule is COC(=O)Nc1cccc(NC(=O)N2CCN(c3cccc(Cl)c3)CC2)c1. The first-order chi connectivity index (χ1) is 13.0. The van der Waals surface area contributed by atoms with Crippen LogP contribution in [0.1, 0.15) is 0 Å². The Balaban J connectivity index is 1.55. The van der Waals surface area contributed by atoms with Gasteiger partial charge in [0.1, 0.15) is 0 Å². The van der Waals surface area contributed by atoms with Crippen molar-refractivity contribution in [3.63, 3.8) is 0 Å². The van der Waals surface area contributed by atoms with Crippen LogP contribution < -0.4 is 15.5 Å². The van der Waals surface area contributed by atoms with Crippen LogP contribution >= 0.6 is 11.6 Å². The van der Waals surface area contributed by atoms with Crippen molar-refractivity contribution in [3.8, 4) is 0 Å². The van der Waals surface area contributed by atoms with Gasteiger partial charge in [-0.25, -0.2) is 9.59 Å². The topological polar surface area (TPSA) is 73.9 Å². The smallest absolute Gasteiger partial charge is 0.411 e. The van der Waals surface area contributed by atoms with E-state index in [1.54, 1.807) is 29.2 Å². The molecule has 0 bridgehead atoms. The van der Waals surface area contributed by atoms with Gasteiger partial charge in [-0.1, -0.05) is 23.7 Å². The van der Waals surface area contributed by atoms with Crippen molar-refractivity contribution in [1.82, 2.24) is 4.90 Å². The summed E-state index contributed by atoms with van der Waals surface area (Å²) in [6.07, 6.45) is -0.560. The Morgan fingerprint density at radius 1 is 0.963 bits per heavy atom. The molecule has 3 amide bonds. The molecule has 0 spiro atoms. The number of halogens is 1. The van der Waals surface area contributed by atoms with E-state index in [0.717, 1.165) is 18.8 Å². The molecule has 2 aromatic carbocycles. The molecule has 7 nitrogen and oxygen atoms in total. The van der Waals surface area contributed by atoms with Crippen LogP contribution in [0.25, 0.3) is 0 Å². The van der Waals surface area contributed by atoms with Crippen LogP contribution in [0.15, 0.2) is 48.5 Å². The minimum absolute atomic E-state index is 0.170. The first-order valence-electron chi connectivity index (χ1n) is 8.56. The fraction of sp³-hybridized carbons (Fsp3) is 0.263. The van der Waals surface area contributed by atoms with Crippen molar-refractivity contribution in [1.29, 1.82) is 0 Å². The maximum atomic E-state index is 12.5. The summed E-state index contributed by atoms with van der Waals surface area (Å²) in [6, 6.07) is 14.5. The molecule has 2 N–H and O–H groups in total.